The number of anilines is 1. The van der Waals surface area contributed by atoms with Gasteiger partial charge in [-0.25, -0.2) is 4.98 Å². The summed E-state index contributed by atoms with van der Waals surface area (Å²) < 4.78 is 8.02. The maximum absolute atomic E-state index is 9.41. The van der Waals surface area contributed by atoms with Crippen LogP contribution in [0.25, 0.3) is 16.8 Å². The van der Waals surface area contributed by atoms with Crippen LogP contribution in [0.2, 0.25) is 0 Å². The van der Waals surface area contributed by atoms with Gasteiger partial charge in [0, 0.05) is 44.1 Å². The van der Waals surface area contributed by atoms with E-state index in [2.05, 4.69) is 72.0 Å². The number of aryl methyl sites for hydroxylation is 1. The van der Waals surface area contributed by atoms with Crippen molar-refractivity contribution in [2.75, 3.05) is 31.1 Å². The third-order valence-corrected chi connectivity index (χ3v) is 6.50. The Labute approximate surface area is 211 Å². The van der Waals surface area contributed by atoms with Gasteiger partial charge < -0.3 is 14.7 Å². The summed E-state index contributed by atoms with van der Waals surface area (Å²) in [6.07, 6.45) is 1.89. The van der Waals surface area contributed by atoms with Crippen molar-refractivity contribution in [2.24, 2.45) is 0 Å². The van der Waals surface area contributed by atoms with Crippen molar-refractivity contribution in [2.45, 2.75) is 67.7 Å². The molecule has 1 N–H and O–H groups in total. The van der Waals surface area contributed by atoms with Gasteiger partial charge in [0.05, 0.1) is 18.0 Å². The summed E-state index contributed by atoms with van der Waals surface area (Å²) in [5.41, 5.74) is 6.50. The Morgan fingerprint density at radius 2 is 1.63 bits per heavy atom. The molecule has 0 aliphatic carbocycles. The number of imidazole rings is 1. The molecule has 0 bridgehead atoms. The first-order valence-corrected chi connectivity index (χ1v) is 13.1. The fourth-order valence-electron chi connectivity index (χ4n) is 4.64. The molecule has 0 amide bonds. The molecule has 0 radical (unpaired) electrons. The van der Waals surface area contributed by atoms with E-state index < -0.39 is 0 Å². The molecule has 0 unspecified atom stereocenters. The minimum atomic E-state index is -0.0642. The van der Waals surface area contributed by atoms with Crippen molar-refractivity contribution < 1.29 is 9.84 Å². The average Bonchev–Trinajstić information content (AvgIpc) is 3.35. The molecule has 2 aromatic carbocycles. The molecule has 3 aromatic rings. The van der Waals surface area contributed by atoms with Gasteiger partial charge in [-0.2, -0.15) is 0 Å². The Bertz CT molecular complexity index is 1080. The maximum atomic E-state index is 9.41. The summed E-state index contributed by atoms with van der Waals surface area (Å²) in [5.74, 6) is 1.68. The summed E-state index contributed by atoms with van der Waals surface area (Å²) in [6, 6.07) is 13.8. The topological polar surface area (TPSA) is 53.8 Å². The van der Waals surface area contributed by atoms with Gasteiger partial charge in [0.25, 0.3) is 0 Å². The number of aliphatic hydroxyl groups excluding tert-OH is 1. The lowest BCUT2D eigenvalue weighted by Gasteiger charge is -2.38. The first-order valence-electron chi connectivity index (χ1n) is 13.1. The van der Waals surface area contributed by atoms with E-state index in [0.717, 1.165) is 43.4 Å². The van der Waals surface area contributed by atoms with Crippen LogP contribution in [0, 0.1) is 6.92 Å². The molecule has 1 saturated heterocycles. The minimum absolute atomic E-state index is 0.0642. The molecule has 6 nitrogen and oxygen atoms in total. The Balaban J connectivity index is 0.000000815. The number of hydrogen-bond donors (Lipinski definition) is 1. The zero-order chi connectivity index (χ0) is 25.5. The van der Waals surface area contributed by atoms with Crippen LogP contribution >= 0.6 is 0 Å². The van der Waals surface area contributed by atoms with E-state index in [-0.39, 0.29) is 6.61 Å². The predicted molar refractivity (Wildman–Crippen MR) is 146 cm³/mol. The number of aromatic nitrogens is 2. The molecule has 0 saturated carbocycles. The molecule has 1 aromatic heterocycles. The molecule has 3 heterocycles. The van der Waals surface area contributed by atoms with Crippen LogP contribution in [-0.2, 0) is 13.2 Å². The van der Waals surface area contributed by atoms with Crippen molar-refractivity contribution >= 4 is 5.69 Å². The largest absolute Gasteiger partial charge is 0.483 e. The van der Waals surface area contributed by atoms with E-state index in [4.69, 9.17) is 4.74 Å². The minimum Gasteiger partial charge on any atom is -0.483 e. The van der Waals surface area contributed by atoms with Crippen molar-refractivity contribution in [3.8, 4) is 22.6 Å². The predicted octanol–water partition coefficient (Wildman–Crippen LogP) is 5.82. The Morgan fingerprint density at radius 1 is 0.971 bits per heavy atom. The molecule has 5 rings (SSSR count). The van der Waals surface area contributed by atoms with Gasteiger partial charge in [-0.15, -0.1) is 0 Å². The molecule has 2 aliphatic heterocycles. The second-order valence-corrected chi connectivity index (χ2v) is 8.76. The standard InChI is InChI=1S/C25H30N4O2.2C2H6/c1-17(2)27-8-10-28(11-9-27)21-6-4-19(5-7-21)22-13-24-23(12-18(22)3)29-14-20(15-30)26-25(29)16-31-24;2*1-2/h4-7,12-14,17,30H,8-11,15-16H2,1-3H3;2*1-2H3. The number of fused-ring (bicyclic) bond motifs is 3. The third kappa shape index (κ3) is 5.71. The van der Waals surface area contributed by atoms with Gasteiger partial charge in [-0.05, 0) is 61.7 Å². The van der Waals surface area contributed by atoms with Crippen LogP contribution in [0.15, 0.2) is 42.6 Å². The van der Waals surface area contributed by atoms with Crippen LogP contribution in [0.3, 0.4) is 0 Å². The number of ether oxygens (including phenoxy) is 1. The first-order chi connectivity index (χ1) is 17.0. The van der Waals surface area contributed by atoms with Crippen LogP contribution < -0.4 is 9.64 Å². The summed E-state index contributed by atoms with van der Waals surface area (Å²) in [7, 11) is 0. The molecule has 6 heteroatoms. The number of rotatable bonds is 4. The van der Waals surface area contributed by atoms with Crippen molar-refractivity contribution in [1.82, 2.24) is 14.5 Å². The first kappa shape index (κ1) is 26.8. The lowest BCUT2D eigenvalue weighted by molar-refractivity contribution is 0.209. The summed E-state index contributed by atoms with van der Waals surface area (Å²) in [4.78, 5) is 9.44. The van der Waals surface area contributed by atoms with E-state index in [1.165, 1.54) is 22.4 Å². The highest BCUT2D eigenvalue weighted by molar-refractivity contribution is 5.74. The van der Waals surface area contributed by atoms with E-state index in [0.29, 0.717) is 18.3 Å². The van der Waals surface area contributed by atoms with Crippen LogP contribution in [0.4, 0.5) is 5.69 Å². The number of nitrogens with zero attached hydrogens (tertiary/aromatic N) is 4. The Morgan fingerprint density at radius 3 is 2.23 bits per heavy atom. The third-order valence-electron chi connectivity index (χ3n) is 6.50. The Hall–Kier alpha value is -2.83. The zero-order valence-electron chi connectivity index (χ0n) is 22.5. The van der Waals surface area contributed by atoms with Gasteiger partial charge in [0.1, 0.15) is 12.4 Å². The number of hydrogen-bond acceptors (Lipinski definition) is 5. The molecule has 0 atom stereocenters. The smallest absolute Gasteiger partial charge is 0.151 e. The highest BCUT2D eigenvalue weighted by Crippen LogP contribution is 2.37. The Kier molecular flexibility index (Phi) is 9.35. The monoisotopic (exact) mass is 478 g/mol. The van der Waals surface area contributed by atoms with Crippen LogP contribution in [0.1, 0.15) is 58.6 Å². The fourth-order valence-corrected chi connectivity index (χ4v) is 4.64. The molecule has 2 aliphatic rings. The average molecular weight is 479 g/mol. The molecular weight excluding hydrogens is 436 g/mol. The van der Waals surface area contributed by atoms with E-state index in [1.54, 1.807) is 0 Å². The second-order valence-electron chi connectivity index (χ2n) is 8.76. The lowest BCUT2D eigenvalue weighted by Crippen LogP contribution is -2.48. The van der Waals surface area contributed by atoms with Crippen LogP contribution in [-0.4, -0.2) is 51.8 Å². The summed E-state index contributed by atoms with van der Waals surface area (Å²) >= 11 is 0. The van der Waals surface area contributed by atoms with E-state index in [9.17, 15) is 5.11 Å². The number of aliphatic hydroxyl groups is 1. The highest BCUT2D eigenvalue weighted by atomic mass is 16.5. The molecule has 0 spiro atoms. The van der Waals surface area contributed by atoms with E-state index >= 15 is 0 Å². The van der Waals surface area contributed by atoms with Gasteiger partial charge in [-0.1, -0.05) is 39.8 Å². The van der Waals surface area contributed by atoms with Gasteiger partial charge in [-0.3, -0.25) is 9.47 Å². The SMILES string of the molecule is CC.CC.Cc1cc2c(cc1-c1ccc(N3CCN(C(C)C)CC3)cc1)OCc1nc(CO)cn1-2. The lowest BCUT2D eigenvalue weighted by atomic mass is 9.98. The second kappa shape index (κ2) is 12.2. The quantitative estimate of drug-likeness (QED) is 0.512. The van der Waals surface area contributed by atoms with Gasteiger partial charge in [0.2, 0.25) is 0 Å². The van der Waals surface area contributed by atoms with Crippen molar-refractivity contribution in [3.63, 3.8) is 0 Å². The van der Waals surface area contributed by atoms with Crippen molar-refractivity contribution in [3.05, 3.63) is 59.7 Å². The molecule has 190 valence electrons. The number of benzene rings is 2. The van der Waals surface area contributed by atoms with Gasteiger partial charge >= 0.3 is 0 Å². The number of piperazine rings is 1. The summed E-state index contributed by atoms with van der Waals surface area (Å²) in [6.45, 7) is 19.4. The zero-order valence-corrected chi connectivity index (χ0v) is 22.5. The molecule has 35 heavy (non-hydrogen) atoms. The van der Waals surface area contributed by atoms with Gasteiger partial charge in [0.15, 0.2) is 5.82 Å². The summed E-state index contributed by atoms with van der Waals surface area (Å²) in [5, 5.41) is 9.41. The van der Waals surface area contributed by atoms with E-state index in [1.807, 2.05) is 38.5 Å². The van der Waals surface area contributed by atoms with Crippen molar-refractivity contribution in [1.29, 1.82) is 0 Å². The fraction of sp³-hybridized carbons (Fsp3) is 0.483. The highest BCUT2D eigenvalue weighted by Gasteiger charge is 2.22. The maximum Gasteiger partial charge on any atom is 0.151 e. The normalized spacial score (nSPS) is 14.7. The van der Waals surface area contributed by atoms with Crippen LogP contribution in [0.5, 0.6) is 5.75 Å². The molecular formula is C29H42N4O2. The molecule has 1 fully saturated rings.